The highest BCUT2D eigenvalue weighted by atomic mass is 16.2. The van der Waals surface area contributed by atoms with Gasteiger partial charge in [-0.2, -0.15) is 0 Å². The van der Waals surface area contributed by atoms with Gasteiger partial charge in [0.15, 0.2) is 0 Å². The van der Waals surface area contributed by atoms with Crippen molar-refractivity contribution in [1.29, 1.82) is 0 Å². The number of hydrogen-bond acceptors (Lipinski definition) is 3. The maximum atomic E-state index is 12.0. The molecule has 2 atom stereocenters. The van der Waals surface area contributed by atoms with Crippen molar-refractivity contribution >= 4 is 5.91 Å². The summed E-state index contributed by atoms with van der Waals surface area (Å²) < 4.78 is 0. The predicted molar refractivity (Wildman–Crippen MR) is 76.6 cm³/mol. The van der Waals surface area contributed by atoms with E-state index in [1.54, 1.807) is 0 Å². The molecule has 104 valence electrons. The topological polar surface area (TPSA) is 58.4 Å². The second-order valence-corrected chi connectivity index (χ2v) is 5.06. The molecule has 1 aliphatic rings. The van der Waals surface area contributed by atoms with E-state index in [9.17, 15) is 4.79 Å². The maximum Gasteiger partial charge on any atom is 0.241 e. The van der Waals surface area contributed by atoms with E-state index in [1.807, 2.05) is 30.3 Å². The SMILES string of the molecule is CCN1CCCC1CNC(=O)[C@@H](N)c1ccccc1. The first-order valence-electron chi connectivity index (χ1n) is 7.04. The summed E-state index contributed by atoms with van der Waals surface area (Å²) in [5.74, 6) is -0.0887. The number of carbonyl (C=O) groups excluding carboxylic acids is 1. The van der Waals surface area contributed by atoms with Crippen LogP contribution in [0.25, 0.3) is 0 Å². The van der Waals surface area contributed by atoms with Crippen LogP contribution >= 0.6 is 0 Å². The number of likely N-dealkylation sites (tertiary alicyclic amines) is 1. The van der Waals surface area contributed by atoms with Gasteiger partial charge in [-0.25, -0.2) is 0 Å². The lowest BCUT2D eigenvalue weighted by atomic mass is 10.1. The summed E-state index contributed by atoms with van der Waals surface area (Å²) >= 11 is 0. The Kier molecular flexibility index (Phi) is 4.93. The molecule has 4 nitrogen and oxygen atoms in total. The predicted octanol–water partition coefficient (Wildman–Crippen LogP) is 1.29. The van der Waals surface area contributed by atoms with Gasteiger partial charge in [0.2, 0.25) is 5.91 Å². The van der Waals surface area contributed by atoms with Crippen molar-refractivity contribution in [3.05, 3.63) is 35.9 Å². The van der Waals surface area contributed by atoms with E-state index in [1.165, 1.54) is 6.42 Å². The molecular weight excluding hydrogens is 238 g/mol. The van der Waals surface area contributed by atoms with E-state index < -0.39 is 6.04 Å². The van der Waals surface area contributed by atoms with E-state index in [4.69, 9.17) is 5.73 Å². The first-order valence-corrected chi connectivity index (χ1v) is 7.04. The largest absolute Gasteiger partial charge is 0.353 e. The Hall–Kier alpha value is -1.39. The van der Waals surface area contributed by atoms with Gasteiger partial charge in [-0.3, -0.25) is 9.69 Å². The zero-order valence-electron chi connectivity index (χ0n) is 11.5. The third-order valence-electron chi connectivity index (χ3n) is 3.86. The summed E-state index contributed by atoms with van der Waals surface area (Å²) in [4.78, 5) is 14.5. The Bertz CT molecular complexity index is 407. The van der Waals surface area contributed by atoms with Crippen molar-refractivity contribution in [3.8, 4) is 0 Å². The van der Waals surface area contributed by atoms with Crippen molar-refractivity contribution in [2.45, 2.75) is 31.8 Å². The molecule has 0 spiro atoms. The average molecular weight is 261 g/mol. The summed E-state index contributed by atoms with van der Waals surface area (Å²) in [5, 5.41) is 2.98. The number of nitrogens with one attached hydrogen (secondary N) is 1. The molecule has 0 aliphatic carbocycles. The van der Waals surface area contributed by atoms with Gasteiger partial charge < -0.3 is 11.1 Å². The highest BCUT2D eigenvalue weighted by molar-refractivity contribution is 5.82. The normalized spacial score (nSPS) is 21.3. The molecule has 2 rings (SSSR count). The maximum absolute atomic E-state index is 12.0. The second-order valence-electron chi connectivity index (χ2n) is 5.06. The van der Waals surface area contributed by atoms with E-state index in [0.717, 1.165) is 25.1 Å². The molecule has 1 saturated heterocycles. The van der Waals surface area contributed by atoms with Crippen LogP contribution in [-0.2, 0) is 4.79 Å². The van der Waals surface area contributed by atoms with E-state index in [-0.39, 0.29) is 5.91 Å². The molecule has 0 aromatic heterocycles. The highest BCUT2D eigenvalue weighted by Gasteiger charge is 2.24. The molecule has 1 heterocycles. The van der Waals surface area contributed by atoms with Crippen molar-refractivity contribution in [3.63, 3.8) is 0 Å². The minimum atomic E-state index is -0.572. The zero-order valence-corrected chi connectivity index (χ0v) is 11.5. The number of rotatable bonds is 5. The summed E-state index contributed by atoms with van der Waals surface area (Å²) in [6, 6.07) is 9.40. The summed E-state index contributed by atoms with van der Waals surface area (Å²) in [7, 11) is 0. The monoisotopic (exact) mass is 261 g/mol. The summed E-state index contributed by atoms with van der Waals surface area (Å²) in [6.07, 6.45) is 2.38. The van der Waals surface area contributed by atoms with E-state index >= 15 is 0 Å². The Morgan fingerprint density at radius 3 is 2.89 bits per heavy atom. The van der Waals surface area contributed by atoms with Gasteiger partial charge in [-0.05, 0) is 31.5 Å². The molecule has 4 heteroatoms. The van der Waals surface area contributed by atoms with Gasteiger partial charge in [0, 0.05) is 12.6 Å². The number of likely N-dealkylation sites (N-methyl/N-ethyl adjacent to an activating group) is 1. The van der Waals surface area contributed by atoms with Crippen LogP contribution in [0.1, 0.15) is 31.4 Å². The minimum absolute atomic E-state index is 0.0887. The molecule has 1 amide bonds. The van der Waals surface area contributed by atoms with Gasteiger partial charge in [0.05, 0.1) is 0 Å². The number of amides is 1. The molecule has 1 aliphatic heterocycles. The molecule has 1 aromatic carbocycles. The Morgan fingerprint density at radius 2 is 2.21 bits per heavy atom. The van der Waals surface area contributed by atoms with E-state index in [2.05, 4.69) is 17.1 Å². The lowest BCUT2D eigenvalue weighted by Crippen LogP contribution is -2.43. The fourth-order valence-corrected chi connectivity index (χ4v) is 2.68. The van der Waals surface area contributed by atoms with Gasteiger partial charge in [0.25, 0.3) is 0 Å². The Balaban J connectivity index is 1.84. The van der Waals surface area contributed by atoms with Gasteiger partial charge in [-0.15, -0.1) is 0 Å². The molecule has 0 bridgehead atoms. The molecular formula is C15H23N3O. The number of carbonyl (C=O) groups is 1. The summed E-state index contributed by atoms with van der Waals surface area (Å²) in [5.41, 5.74) is 6.82. The standard InChI is InChI=1S/C15H23N3O/c1-2-18-10-6-9-13(18)11-17-15(19)14(16)12-7-4-3-5-8-12/h3-5,7-8,13-14H,2,6,9-11,16H2,1H3,(H,17,19)/t13?,14-/m0/s1. The first kappa shape index (κ1) is 14.0. The lowest BCUT2D eigenvalue weighted by Gasteiger charge is -2.23. The smallest absolute Gasteiger partial charge is 0.241 e. The fraction of sp³-hybridized carbons (Fsp3) is 0.533. The molecule has 19 heavy (non-hydrogen) atoms. The molecule has 1 aromatic rings. The van der Waals surface area contributed by atoms with Crippen LogP contribution in [0.3, 0.4) is 0 Å². The van der Waals surface area contributed by atoms with Crippen molar-refractivity contribution < 1.29 is 4.79 Å². The molecule has 1 fully saturated rings. The Morgan fingerprint density at radius 1 is 1.47 bits per heavy atom. The average Bonchev–Trinajstić information content (AvgIpc) is 2.92. The quantitative estimate of drug-likeness (QED) is 0.839. The molecule has 3 N–H and O–H groups in total. The first-order chi connectivity index (χ1) is 9.22. The third kappa shape index (κ3) is 3.55. The highest BCUT2D eigenvalue weighted by Crippen LogP contribution is 2.16. The molecule has 0 saturated carbocycles. The number of hydrogen-bond donors (Lipinski definition) is 2. The number of nitrogens with zero attached hydrogens (tertiary/aromatic N) is 1. The van der Waals surface area contributed by atoms with Crippen LogP contribution in [0.15, 0.2) is 30.3 Å². The van der Waals surface area contributed by atoms with Crippen molar-refractivity contribution in [2.75, 3.05) is 19.6 Å². The van der Waals surface area contributed by atoms with E-state index in [0.29, 0.717) is 12.6 Å². The van der Waals surface area contributed by atoms with Gasteiger partial charge in [-0.1, -0.05) is 37.3 Å². The van der Waals surface area contributed by atoms with Crippen molar-refractivity contribution in [1.82, 2.24) is 10.2 Å². The van der Waals surface area contributed by atoms with Crippen LogP contribution in [0.2, 0.25) is 0 Å². The van der Waals surface area contributed by atoms with Crippen LogP contribution < -0.4 is 11.1 Å². The van der Waals surface area contributed by atoms with Crippen LogP contribution in [-0.4, -0.2) is 36.5 Å². The fourth-order valence-electron chi connectivity index (χ4n) is 2.68. The van der Waals surface area contributed by atoms with Gasteiger partial charge >= 0.3 is 0 Å². The molecule has 1 unspecified atom stereocenters. The second kappa shape index (κ2) is 6.68. The van der Waals surface area contributed by atoms with Crippen LogP contribution in [0, 0.1) is 0 Å². The number of nitrogens with two attached hydrogens (primary N) is 1. The van der Waals surface area contributed by atoms with Crippen LogP contribution in [0.4, 0.5) is 0 Å². The van der Waals surface area contributed by atoms with Crippen LogP contribution in [0.5, 0.6) is 0 Å². The summed E-state index contributed by atoms with van der Waals surface area (Å²) in [6.45, 7) is 5.05. The van der Waals surface area contributed by atoms with Crippen molar-refractivity contribution in [2.24, 2.45) is 5.73 Å². The third-order valence-corrected chi connectivity index (χ3v) is 3.86. The number of benzene rings is 1. The molecule has 0 radical (unpaired) electrons. The van der Waals surface area contributed by atoms with Gasteiger partial charge in [0.1, 0.15) is 6.04 Å². The Labute approximate surface area is 115 Å². The lowest BCUT2D eigenvalue weighted by molar-refractivity contribution is -0.122. The zero-order chi connectivity index (χ0) is 13.7. The minimum Gasteiger partial charge on any atom is -0.353 e.